The molecule has 2 rings (SSSR count). The van der Waals surface area contributed by atoms with Gasteiger partial charge in [0.1, 0.15) is 0 Å². The summed E-state index contributed by atoms with van der Waals surface area (Å²) in [4.78, 5) is 0. The summed E-state index contributed by atoms with van der Waals surface area (Å²) in [6, 6.07) is 7.31. The summed E-state index contributed by atoms with van der Waals surface area (Å²) in [5.41, 5.74) is 7.89. The number of nitrogens with two attached hydrogens (primary N) is 1. The van der Waals surface area contributed by atoms with Gasteiger partial charge < -0.3 is 16.2 Å². The fraction of sp³-hybridized carbons (Fsp3) is 0.462. The third-order valence-corrected chi connectivity index (χ3v) is 3.28. The molecule has 4 N–H and O–H groups in total. The Morgan fingerprint density at radius 2 is 2.29 bits per heavy atom. The van der Waals surface area contributed by atoms with Gasteiger partial charge in [0.25, 0.3) is 0 Å². The molecule has 1 saturated carbocycles. The first kappa shape index (κ1) is 11.7. The Balaban J connectivity index is 1.93. The molecule has 1 fully saturated rings. The number of nitriles is 1. The van der Waals surface area contributed by atoms with E-state index in [2.05, 4.69) is 11.4 Å². The first-order valence-electron chi connectivity index (χ1n) is 5.90. The van der Waals surface area contributed by atoms with E-state index < -0.39 is 0 Å². The monoisotopic (exact) mass is 231 g/mol. The summed E-state index contributed by atoms with van der Waals surface area (Å²) >= 11 is 0. The van der Waals surface area contributed by atoms with Crippen LogP contribution in [0.25, 0.3) is 0 Å². The van der Waals surface area contributed by atoms with Crippen LogP contribution in [-0.2, 0) is 0 Å². The molecule has 0 aromatic heterocycles. The van der Waals surface area contributed by atoms with E-state index in [0.29, 0.717) is 17.2 Å². The van der Waals surface area contributed by atoms with Gasteiger partial charge in [-0.1, -0.05) is 0 Å². The van der Waals surface area contributed by atoms with Gasteiger partial charge in [-0.25, -0.2) is 0 Å². The number of hydrogen-bond acceptors (Lipinski definition) is 4. The van der Waals surface area contributed by atoms with Crippen LogP contribution in [0.4, 0.5) is 11.4 Å². The number of anilines is 2. The van der Waals surface area contributed by atoms with Crippen molar-refractivity contribution in [2.24, 2.45) is 5.92 Å². The molecule has 0 bridgehead atoms. The fourth-order valence-electron chi connectivity index (χ4n) is 2.28. The van der Waals surface area contributed by atoms with Crippen molar-refractivity contribution < 1.29 is 5.11 Å². The predicted molar refractivity (Wildman–Crippen MR) is 67.4 cm³/mol. The standard InChI is InChI=1S/C13H17N3O/c14-7-9-2-4-13(12(15)6-9)16-8-10-1-3-11(17)5-10/h2,4,6,10-11,16-17H,1,3,5,8,15H2. The minimum atomic E-state index is -0.139. The predicted octanol–water partition coefficient (Wildman–Crippen LogP) is 1.71. The number of nitrogen functional groups attached to an aromatic ring is 1. The first-order valence-corrected chi connectivity index (χ1v) is 5.90. The van der Waals surface area contributed by atoms with E-state index in [1.54, 1.807) is 12.1 Å². The van der Waals surface area contributed by atoms with Gasteiger partial charge in [-0.2, -0.15) is 5.26 Å². The van der Waals surface area contributed by atoms with Crippen LogP contribution < -0.4 is 11.1 Å². The van der Waals surface area contributed by atoms with Gasteiger partial charge >= 0.3 is 0 Å². The number of hydrogen-bond donors (Lipinski definition) is 3. The van der Waals surface area contributed by atoms with Crippen LogP contribution in [0.15, 0.2) is 18.2 Å². The second kappa shape index (κ2) is 5.07. The van der Waals surface area contributed by atoms with E-state index >= 15 is 0 Å². The van der Waals surface area contributed by atoms with E-state index in [4.69, 9.17) is 11.0 Å². The van der Waals surface area contributed by atoms with Crippen LogP contribution in [0, 0.1) is 17.2 Å². The van der Waals surface area contributed by atoms with E-state index in [-0.39, 0.29) is 6.10 Å². The minimum Gasteiger partial charge on any atom is -0.397 e. The summed E-state index contributed by atoms with van der Waals surface area (Å²) in [6.45, 7) is 0.827. The van der Waals surface area contributed by atoms with Crippen molar-refractivity contribution in [3.8, 4) is 6.07 Å². The number of rotatable bonds is 3. The number of aliphatic hydroxyl groups is 1. The van der Waals surface area contributed by atoms with Crippen molar-refractivity contribution in [2.75, 3.05) is 17.6 Å². The van der Waals surface area contributed by atoms with E-state index in [9.17, 15) is 5.11 Å². The van der Waals surface area contributed by atoms with Gasteiger partial charge in [-0.3, -0.25) is 0 Å². The van der Waals surface area contributed by atoms with Crippen LogP contribution in [0.2, 0.25) is 0 Å². The van der Waals surface area contributed by atoms with E-state index in [0.717, 1.165) is 31.5 Å². The first-order chi connectivity index (χ1) is 8.19. The van der Waals surface area contributed by atoms with Gasteiger partial charge in [0.2, 0.25) is 0 Å². The lowest BCUT2D eigenvalue weighted by Gasteiger charge is -2.13. The van der Waals surface area contributed by atoms with Crippen LogP contribution in [0.5, 0.6) is 0 Å². The highest BCUT2D eigenvalue weighted by Gasteiger charge is 2.22. The van der Waals surface area contributed by atoms with Gasteiger partial charge in [-0.15, -0.1) is 0 Å². The lowest BCUT2D eigenvalue weighted by atomic mass is 10.1. The lowest BCUT2D eigenvalue weighted by molar-refractivity contribution is 0.178. The third kappa shape index (κ3) is 2.89. The summed E-state index contributed by atoms with van der Waals surface area (Å²) in [7, 11) is 0. The molecule has 4 nitrogen and oxygen atoms in total. The summed E-state index contributed by atoms with van der Waals surface area (Å²) in [5, 5.41) is 21.4. The highest BCUT2D eigenvalue weighted by Crippen LogP contribution is 2.27. The zero-order chi connectivity index (χ0) is 12.3. The molecule has 1 aromatic rings. The molecule has 2 unspecified atom stereocenters. The van der Waals surface area contributed by atoms with Crippen molar-refractivity contribution in [3.63, 3.8) is 0 Å². The maximum Gasteiger partial charge on any atom is 0.0992 e. The lowest BCUT2D eigenvalue weighted by Crippen LogP contribution is -2.13. The molecule has 1 aromatic carbocycles. The topological polar surface area (TPSA) is 82.1 Å². The van der Waals surface area contributed by atoms with Crippen LogP contribution in [0.1, 0.15) is 24.8 Å². The van der Waals surface area contributed by atoms with Crippen LogP contribution in [0.3, 0.4) is 0 Å². The smallest absolute Gasteiger partial charge is 0.0992 e. The largest absolute Gasteiger partial charge is 0.397 e. The molecule has 0 saturated heterocycles. The molecular formula is C13H17N3O. The van der Waals surface area contributed by atoms with Gasteiger partial charge in [-0.05, 0) is 43.4 Å². The summed E-state index contributed by atoms with van der Waals surface area (Å²) < 4.78 is 0. The quantitative estimate of drug-likeness (QED) is 0.692. The molecule has 2 atom stereocenters. The highest BCUT2D eigenvalue weighted by molar-refractivity contribution is 5.68. The molecule has 0 aliphatic heterocycles. The Morgan fingerprint density at radius 1 is 1.47 bits per heavy atom. The molecule has 4 heteroatoms. The Labute approximate surface area is 101 Å². The Kier molecular flexibility index (Phi) is 3.50. The molecule has 0 heterocycles. The Morgan fingerprint density at radius 3 is 2.88 bits per heavy atom. The maximum atomic E-state index is 9.43. The number of nitrogens with zero attached hydrogens (tertiary/aromatic N) is 1. The zero-order valence-corrected chi connectivity index (χ0v) is 9.69. The molecule has 0 radical (unpaired) electrons. The summed E-state index contributed by atoms with van der Waals surface area (Å²) in [6.07, 6.45) is 2.68. The van der Waals surface area contributed by atoms with Gasteiger partial charge in [0.15, 0.2) is 0 Å². The van der Waals surface area contributed by atoms with E-state index in [1.165, 1.54) is 0 Å². The molecule has 90 valence electrons. The number of benzene rings is 1. The van der Waals surface area contributed by atoms with E-state index in [1.807, 2.05) is 6.07 Å². The fourth-order valence-corrected chi connectivity index (χ4v) is 2.28. The Hall–Kier alpha value is -1.73. The molecule has 1 aliphatic rings. The average Bonchev–Trinajstić information content (AvgIpc) is 2.73. The van der Waals surface area contributed by atoms with Crippen LogP contribution >= 0.6 is 0 Å². The Bertz CT molecular complexity index is 439. The molecule has 0 amide bonds. The molecule has 17 heavy (non-hydrogen) atoms. The summed E-state index contributed by atoms with van der Waals surface area (Å²) in [5.74, 6) is 0.514. The van der Waals surface area contributed by atoms with Crippen LogP contribution in [-0.4, -0.2) is 17.8 Å². The second-order valence-corrected chi connectivity index (χ2v) is 4.63. The number of nitrogens with one attached hydrogen (secondary N) is 1. The molecule has 1 aliphatic carbocycles. The normalized spacial score (nSPS) is 23.3. The number of aliphatic hydroxyl groups excluding tert-OH is 1. The van der Waals surface area contributed by atoms with Crippen molar-refractivity contribution in [2.45, 2.75) is 25.4 Å². The zero-order valence-electron chi connectivity index (χ0n) is 9.69. The second-order valence-electron chi connectivity index (χ2n) is 4.63. The van der Waals surface area contributed by atoms with Crippen molar-refractivity contribution in [1.82, 2.24) is 0 Å². The minimum absolute atomic E-state index is 0.139. The maximum absolute atomic E-state index is 9.43. The third-order valence-electron chi connectivity index (χ3n) is 3.28. The SMILES string of the molecule is N#Cc1ccc(NCC2CCC(O)C2)c(N)c1. The highest BCUT2D eigenvalue weighted by atomic mass is 16.3. The van der Waals surface area contributed by atoms with Crippen molar-refractivity contribution >= 4 is 11.4 Å². The average molecular weight is 231 g/mol. The van der Waals surface area contributed by atoms with Gasteiger partial charge in [0, 0.05) is 6.54 Å². The molecule has 0 spiro atoms. The van der Waals surface area contributed by atoms with Crippen molar-refractivity contribution in [1.29, 1.82) is 5.26 Å². The molecular weight excluding hydrogens is 214 g/mol. The van der Waals surface area contributed by atoms with Crippen molar-refractivity contribution in [3.05, 3.63) is 23.8 Å². The van der Waals surface area contributed by atoms with Gasteiger partial charge in [0.05, 0.1) is 29.1 Å².